The second kappa shape index (κ2) is 6.33. The highest BCUT2D eigenvalue weighted by molar-refractivity contribution is 5.76. The fraction of sp³-hybridized carbons (Fsp3) is 0.462. The van der Waals surface area contributed by atoms with Gasteiger partial charge in [-0.1, -0.05) is 19.4 Å². The summed E-state index contributed by atoms with van der Waals surface area (Å²) < 4.78 is 25.7. The normalized spacial score (nSPS) is 12.2. The highest BCUT2D eigenvalue weighted by Gasteiger charge is 2.11. The van der Waals surface area contributed by atoms with E-state index in [1.807, 2.05) is 6.92 Å². The van der Waals surface area contributed by atoms with Gasteiger partial charge in [0.25, 0.3) is 0 Å². The summed E-state index contributed by atoms with van der Waals surface area (Å²) in [7, 11) is 0. The van der Waals surface area contributed by atoms with Crippen LogP contribution in [-0.2, 0) is 4.79 Å². The highest BCUT2D eigenvalue weighted by Crippen LogP contribution is 2.16. The molecule has 1 atom stereocenters. The molecule has 0 saturated heterocycles. The minimum Gasteiger partial charge on any atom is -0.350 e. The van der Waals surface area contributed by atoms with Gasteiger partial charge in [0.1, 0.15) is 0 Å². The molecule has 1 amide bonds. The number of amides is 1. The average Bonchev–Trinajstić information content (AvgIpc) is 2.30. The van der Waals surface area contributed by atoms with Crippen molar-refractivity contribution < 1.29 is 13.6 Å². The third kappa shape index (κ3) is 4.13. The van der Waals surface area contributed by atoms with Crippen molar-refractivity contribution in [2.24, 2.45) is 0 Å². The molecule has 4 heteroatoms. The van der Waals surface area contributed by atoms with Crippen LogP contribution in [0, 0.1) is 11.6 Å². The monoisotopic (exact) mass is 241 g/mol. The molecule has 0 radical (unpaired) electrons. The molecule has 0 aliphatic heterocycles. The SMILES string of the molecule is CCCCC(=O)NC(C)c1ccc(F)c(F)c1. The number of rotatable bonds is 5. The molecule has 0 heterocycles. The van der Waals surface area contributed by atoms with Crippen molar-refractivity contribution in [3.05, 3.63) is 35.4 Å². The summed E-state index contributed by atoms with van der Waals surface area (Å²) in [6.45, 7) is 3.75. The van der Waals surface area contributed by atoms with Crippen molar-refractivity contribution >= 4 is 5.91 Å². The largest absolute Gasteiger partial charge is 0.350 e. The number of hydrogen-bond acceptors (Lipinski definition) is 1. The maximum Gasteiger partial charge on any atom is 0.220 e. The lowest BCUT2D eigenvalue weighted by Crippen LogP contribution is -2.26. The number of carbonyl (C=O) groups excluding carboxylic acids is 1. The molecular formula is C13H17F2NO. The lowest BCUT2D eigenvalue weighted by atomic mass is 10.1. The van der Waals surface area contributed by atoms with Crippen molar-refractivity contribution in [2.75, 3.05) is 0 Å². The van der Waals surface area contributed by atoms with Gasteiger partial charge in [-0.15, -0.1) is 0 Å². The number of benzene rings is 1. The Bertz CT molecular complexity index is 393. The summed E-state index contributed by atoms with van der Waals surface area (Å²) in [4.78, 5) is 11.5. The Balaban J connectivity index is 2.60. The molecule has 0 fully saturated rings. The van der Waals surface area contributed by atoms with Crippen LogP contribution in [0.15, 0.2) is 18.2 Å². The Labute approximate surface area is 100 Å². The van der Waals surface area contributed by atoms with Gasteiger partial charge in [-0.2, -0.15) is 0 Å². The van der Waals surface area contributed by atoms with Gasteiger partial charge in [0.15, 0.2) is 11.6 Å². The van der Waals surface area contributed by atoms with Crippen LogP contribution in [0.1, 0.15) is 44.7 Å². The lowest BCUT2D eigenvalue weighted by molar-refractivity contribution is -0.121. The van der Waals surface area contributed by atoms with E-state index in [1.165, 1.54) is 6.07 Å². The summed E-state index contributed by atoms with van der Waals surface area (Å²) in [6.07, 6.45) is 2.24. The van der Waals surface area contributed by atoms with Gasteiger partial charge in [-0.3, -0.25) is 4.79 Å². The molecule has 0 bridgehead atoms. The fourth-order valence-electron chi connectivity index (χ4n) is 1.52. The van der Waals surface area contributed by atoms with Crippen LogP contribution < -0.4 is 5.32 Å². The van der Waals surface area contributed by atoms with Crippen LogP contribution in [0.25, 0.3) is 0 Å². The molecular weight excluding hydrogens is 224 g/mol. The Morgan fingerprint density at radius 1 is 1.35 bits per heavy atom. The minimum absolute atomic E-state index is 0.0657. The first-order valence-corrected chi connectivity index (χ1v) is 5.79. The topological polar surface area (TPSA) is 29.1 Å². The lowest BCUT2D eigenvalue weighted by Gasteiger charge is -2.14. The maximum absolute atomic E-state index is 13.0. The molecule has 1 unspecified atom stereocenters. The van der Waals surface area contributed by atoms with Crippen molar-refractivity contribution in [1.82, 2.24) is 5.32 Å². The van der Waals surface area contributed by atoms with Crippen LogP contribution in [0.5, 0.6) is 0 Å². The summed E-state index contributed by atoms with van der Waals surface area (Å²) in [5.74, 6) is -1.83. The second-order valence-corrected chi connectivity index (χ2v) is 4.07. The molecule has 0 aliphatic carbocycles. The highest BCUT2D eigenvalue weighted by atomic mass is 19.2. The number of nitrogens with one attached hydrogen (secondary N) is 1. The summed E-state index contributed by atoms with van der Waals surface area (Å²) in [5, 5.41) is 2.75. The quantitative estimate of drug-likeness (QED) is 0.841. The van der Waals surface area contributed by atoms with Gasteiger partial charge >= 0.3 is 0 Å². The molecule has 0 aliphatic rings. The molecule has 0 saturated carbocycles. The zero-order chi connectivity index (χ0) is 12.8. The van der Waals surface area contributed by atoms with Gasteiger partial charge in [-0.05, 0) is 31.0 Å². The van der Waals surface area contributed by atoms with E-state index in [2.05, 4.69) is 5.32 Å². The third-order valence-corrected chi connectivity index (χ3v) is 2.58. The predicted octanol–water partition coefficient (Wildman–Crippen LogP) is 3.33. The number of unbranched alkanes of at least 4 members (excludes halogenated alkanes) is 1. The van der Waals surface area contributed by atoms with E-state index < -0.39 is 11.6 Å². The van der Waals surface area contributed by atoms with E-state index in [1.54, 1.807) is 6.92 Å². The van der Waals surface area contributed by atoms with Crippen LogP contribution in [0.3, 0.4) is 0 Å². The minimum atomic E-state index is -0.892. The Hall–Kier alpha value is -1.45. The molecule has 17 heavy (non-hydrogen) atoms. The van der Waals surface area contributed by atoms with Gasteiger partial charge in [0.05, 0.1) is 6.04 Å². The van der Waals surface area contributed by atoms with Crippen LogP contribution >= 0.6 is 0 Å². The smallest absolute Gasteiger partial charge is 0.220 e. The Morgan fingerprint density at radius 2 is 2.06 bits per heavy atom. The number of hydrogen-bond donors (Lipinski definition) is 1. The molecule has 1 N–H and O–H groups in total. The first kappa shape index (κ1) is 13.6. The molecule has 2 nitrogen and oxygen atoms in total. The van der Waals surface area contributed by atoms with E-state index in [0.717, 1.165) is 25.0 Å². The zero-order valence-electron chi connectivity index (χ0n) is 10.1. The number of halogens is 2. The molecule has 0 aromatic heterocycles. The molecule has 94 valence electrons. The van der Waals surface area contributed by atoms with Crippen molar-refractivity contribution in [1.29, 1.82) is 0 Å². The first-order chi connectivity index (χ1) is 8.04. The van der Waals surface area contributed by atoms with Crippen molar-refractivity contribution in [3.8, 4) is 0 Å². The third-order valence-electron chi connectivity index (χ3n) is 2.58. The second-order valence-electron chi connectivity index (χ2n) is 4.07. The van der Waals surface area contributed by atoms with Gasteiger partial charge < -0.3 is 5.32 Å². The van der Waals surface area contributed by atoms with Gasteiger partial charge in [0, 0.05) is 6.42 Å². The summed E-state index contributed by atoms with van der Waals surface area (Å²) in [5.41, 5.74) is 0.564. The van der Waals surface area contributed by atoms with E-state index in [4.69, 9.17) is 0 Å². The van der Waals surface area contributed by atoms with Crippen LogP contribution in [-0.4, -0.2) is 5.91 Å². The zero-order valence-corrected chi connectivity index (χ0v) is 10.1. The van der Waals surface area contributed by atoms with E-state index >= 15 is 0 Å². The van der Waals surface area contributed by atoms with E-state index in [9.17, 15) is 13.6 Å². The predicted molar refractivity (Wildman–Crippen MR) is 62.4 cm³/mol. The standard InChI is InChI=1S/C13H17F2NO/c1-3-4-5-13(17)16-9(2)10-6-7-11(14)12(15)8-10/h6-9H,3-5H2,1-2H3,(H,16,17). The molecule has 1 aromatic rings. The van der Waals surface area contributed by atoms with Crippen molar-refractivity contribution in [3.63, 3.8) is 0 Å². The van der Waals surface area contributed by atoms with Crippen LogP contribution in [0.4, 0.5) is 8.78 Å². The van der Waals surface area contributed by atoms with E-state index in [-0.39, 0.29) is 11.9 Å². The van der Waals surface area contributed by atoms with Crippen LogP contribution in [0.2, 0.25) is 0 Å². The fourth-order valence-corrected chi connectivity index (χ4v) is 1.52. The summed E-state index contributed by atoms with van der Waals surface area (Å²) >= 11 is 0. The molecule has 1 aromatic carbocycles. The first-order valence-electron chi connectivity index (χ1n) is 5.79. The van der Waals surface area contributed by atoms with Gasteiger partial charge in [-0.25, -0.2) is 8.78 Å². The maximum atomic E-state index is 13.0. The number of carbonyl (C=O) groups is 1. The van der Waals surface area contributed by atoms with E-state index in [0.29, 0.717) is 12.0 Å². The molecule has 1 rings (SSSR count). The van der Waals surface area contributed by atoms with Gasteiger partial charge in [0.2, 0.25) is 5.91 Å². The average molecular weight is 241 g/mol. The Kier molecular flexibility index (Phi) is 5.07. The van der Waals surface area contributed by atoms with Crippen molar-refractivity contribution in [2.45, 2.75) is 39.2 Å². The molecule has 0 spiro atoms. The summed E-state index contributed by atoms with van der Waals surface area (Å²) in [6, 6.07) is 3.34. The Morgan fingerprint density at radius 3 is 2.65 bits per heavy atom.